The van der Waals surface area contributed by atoms with Crippen LogP contribution in [0.3, 0.4) is 0 Å². The van der Waals surface area contributed by atoms with Crippen molar-refractivity contribution in [2.75, 3.05) is 6.54 Å². The summed E-state index contributed by atoms with van der Waals surface area (Å²) in [4.78, 5) is 0. The van der Waals surface area contributed by atoms with Crippen LogP contribution in [0.5, 0.6) is 0 Å². The third-order valence-electron chi connectivity index (χ3n) is 6.04. The van der Waals surface area contributed by atoms with E-state index in [1.54, 1.807) is 0 Å². The lowest BCUT2D eigenvalue weighted by Gasteiger charge is -2.54. The number of aliphatic hydroxyl groups is 1. The van der Waals surface area contributed by atoms with Gasteiger partial charge in [-0.25, -0.2) is 0 Å². The van der Waals surface area contributed by atoms with E-state index in [9.17, 15) is 5.11 Å². The van der Waals surface area contributed by atoms with Crippen molar-refractivity contribution < 1.29 is 9.84 Å². The summed E-state index contributed by atoms with van der Waals surface area (Å²) >= 11 is 0. The number of rotatable bonds is 2. The molecule has 0 radical (unpaired) electrons. The van der Waals surface area contributed by atoms with Crippen LogP contribution in [-0.4, -0.2) is 28.5 Å². The maximum absolute atomic E-state index is 11.6. The summed E-state index contributed by atoms with van der Waals surface area (Å²) in [6.07, 6.45) is 4.92. The Kier molecular flexibility index (Phi) is 3.61. The Morgan fingerprint density at radius 2 is 1.45 bits per heavy atom. The second kappa shape index (κ2) is 4.44. The average molecular weight is 283 g/mol. The molecule has 1 heterocycles. The first-order valence-electron chi connectivity index (χ1n) is 8.01. The standard InChI is InChI=1S/C17H33NO2/c1-13(2)7-9-16(12-18,10-8-13)17(19)11-14(3,4)20-15(17,5)6/h19H,7-12,18H2,1-6H3. The molecule has 2 aliphatic rings. The largest absolute Gasteiger partial charge is 0.386 e. The zero-order valence-corrected chi connectivity index (χ0v) is 14.2. The molecule has 2 fully saturated rings. The lowest BCUT2D eigenvalue weighted by Crippen LogP contribution is -2.62. The molecule has 3 N–H and O–H groups in total. The maximum Gasteiger partial charge on any atom is 0.103 e. The Balaban J connectivity index is 2.36. The number of hydrogen-bond acceptors (Lipinski definition) is 3. The summed E-state index contributed by atoms with van der Waals surface area (Å²) in [6, 6.07) is 0. The minimum Gasteiger partial charge on any atom is -0.386 e. The van der Waals surface area contributed by atoms with E-state index < -0.39 is 11.2 Å². The molecule has 0 aromatic heterocycles. The summed E-state index contributed by atoms with van der Waals surface area (Å²) in [5.41, 5.74) is 4.68. The first kappa shape index (κ1) is 16.3. The van der Waals surface area contributed by atoms with Gasteiger partial charge in [0.1, 0.15) is 5.60 Å². The predicted molar refractivity (Wildman–Crippen MR) is 82.5 cm³/mol. The molecule has 1 aliphatic heterocycles. The summed E-state index contributed by atoms with van der Waals surface area (Å²) in [6.45, 7) is 13.4. The van der Waals surface area contributed by atoms with E-state index in [-0.39, 0.29) is 11.0 Å². The SMILES string of the molecule is CC1(C)CCC(CN)(C2(O)CC(C)(C)OC2(C)C)CC1. The van der Waals surface area contributed by atoms with Crippen molar-refractivity contribution in [3.05, 3.63) is 0 Å². The van der Waals surface area contributed by atoms with Crippen LogP contribution in [0.1, 0.15) is 73.6 Å². The van der Waals surface area contributed by atoms with E-state index >= 15 is 0 Å². The van der Waals surface area contributed by atoms with Crippen molar-refractivity contribution >= 4 is 0 Å². The molecule has 1 unspecified atom stereocenters. The van der Waals surface area contributed by atoms with Gasteiger partial charge in [-0.3, -0.25) is 0 Å². The fourth-order valence-corrected chi connectivity index (χ4v) is 4.66. The van der Waals surface area contributed by atoms with Gasteiger partial charge in [0.15, 0.2) is 0 Å². The van der Waals surface area contributed by atoms with E-state index in [1.807, 2.05) is 13.8 Å². The molecule has 1 saturated heterocycles. The molecular weight excluding hydrogens is 250 g/mol. The van der Waals surface area contributed by atoms with Gasteiger partial charge in [-0.1, -0.05) is 13.8 Å². The highest BCUT2D eigenvalue weighted by molar-refractivity contribution is 5.16. The molecule has 1 aliphatic carbocycles. The van der Waals surface area contributed by atoms with E-state index in [4.69, 9.17) is 10.5 Å². The average Bonchev–Trinajstić information content (AvgIpc) is 2.44. The van der Waals surface area contributed by atoms with Crippen LogP contribution in [0.15, 0.2) is 0 Å². The predicted octanol–water partition coefficient (Wildman–Crippen LogP) is 3.24. The molecule has 118 valence electrons. The van der Waals surface area contributed by atoms with Crippen molar-refractivity contribution in [2.24, 2.45) is 16.6 Å². The quantitative estimate of drug-likeness (QED) is 0.818. The van der Waals surface area contributed by atoms with Gasteiger partial charge in [-0.05, 0) is 58.8 Å². The summed E-state index contributed by atoms with van der Waals surface area (Å²) in [5, 5.41) is 11.6. The summed E-state index contributed by atoms with van der Waals surface area (Å²) < 4.78 is 6.18. The van der Waals surface area contributed by atoms with Crippen LogP contribution in [0.4, 0.5) is 0 Å². The summed E-state index contributed by atoms with van der Waals surface area (Å²) in [7, 11) is 0. The minimum atomic E-state index is -0.839. The van der Waals surface area contributed by atoms with Crippen LogP contribution >= 0.6 is 0 Å². The van der Waals surface area contributed by atoms with Gasteiger partial charge < -0.3 is 15.6 Å². The molecule has 3 nitrogen and oxygen atoms in total. The number of nitrogens with two attached hydrogens (primary N) is 1. The van der Waals surface area contributed by atoms with Gasteiger partial charge in [0.25, 0.3) is 0 Å². The molecule has 0 spiro atoms. The zero-order valence-electron chi connectivity index (χ0n) is 14.2. The Bertz CT molecular complexity index is 376. The van der Waals surface area contributed by atoms with Crippen LogP contribution in [0.25, 0.3) is 0 Å². The van der Waals surface area contributed by atoms with Crippen LogP contribution in [-0.2, 0) is 4.74 Å². The smallest absolute Gasteiger partial charge is 0.103 e. The first-order chi connectivity index (χ1) is 8.89. The third kappa shape index (κ3) is 2.32. The Morgan fingerprint density at radius 1 is 0.950 bits per heavy atom. The first-order valence-corrected chi connectivity index (χ1v) is 8.01. The fourth-order valence-electron chi connectivity index (χ4n) is 4.66. The Morgan fingerprint density at radius 3 is 1.80 bits per heavy atom. The van der Waals surface area contributed by atoms with Gasteiger partial charge in [0.2, 0.25) is 0 Å². The second-order valence-electron chi connectivity index (χ2n) is 9.06. The van der Waals surface area contributed by atoms with E-state index in [0.717, 1.165) is 25.7 Å². The molecule has 3 heteroatoms. The fraction of sp³-hybridized carbons (Fsp3) is 1.00. The normalized spacial score (nSPS) is 37.8. The molecular formula is C17H33NO2. The highest BCUT2D eigenvalue weighted by atomic mass is 16.5. The summed E-state index contributed by atoms with van der Waals surface area (Å²) in [5.74, 6) is 0. The van der Waals surface area contributed by atoms with Gasteiger partial charge in [-0.15, -0.1) is 0 Å². The molecule has 1 atom stereocenters. The lowest BCUT2D eigenvalue weighted by atomic mass is 9.54. The van der Waals surface area contributed by atoms with E-state index in [0.29, 0.717) is 18.4 Å². The monoisotopic (exact) mass is 283 g/mol. The van der Waals surface area contributed by atoms with Crippen molar-refractivity contribution in [2.45, 2.75) is 90.4 Å². The number of ether oxygens (including phenoxy) is 1. The molecule has 0 bridgehead atoms. The van der Waals surface area contributed by atoms with Crippen LogP contribution < -0.4 is 5.73 Å². The zero-order chi connectivity index (χ0) is 15.4. The minimum absolute atomic E-state index is 0.209. The number of hydrogen-bond donors (Lipinski definition) is 2. The van der Waals surface area contributed by atoms with E-state index in [2.05, 4.69) is 27.7 Å². The van der Waals surface area contributed by atoms with Crippen molar-refractivity contribution in [1.82, 2.24) is 0 Å². The van der Waals surface area contributed by atoms with E-state index in [1.165, 1.54) is 0 Å². The van der Waals surface area contributed by atoms with Crippen LogP contribution in [0.2, 0.25) is 0 Å². The molecule has 20 heavy (non-hydrogen) atoms. The molecule has 0 aromatic rings. The van der Waals surface area contributed by atoms with Gasteiger partial charge in [0, 0.05) is 18.4 Å². The molecule has 1 saturated carbocycles. The van der Waals surface area contributed by atoms with Crippen LogP contribution in [0, 0.1) is 10.8 Å². The van der Waals surface area contributed by atoms with Crippen molar-refractivity contribution in [3.63, 3.8) is 0 Å². The molecule has 0 aromatic carbocycles. The molecule has 0 amide bonds. The molecule has 2 rings (SSSR count). The van der Waals surface area contributed by atoms with Crippen molar-refractivity contribution in [1.29, 1.82) is 0 Å². The van der Waals surface area contributed by atoms with Gasteiger partial charge >= 0.3 is 0 Å². The van der Waals surface area contributed by atoms with Crippen molar-refractivity contribution in [3.8, 4) is 0 Å². The Hall–Kier alpha value is -0.120. The lowest BCUT2D eigenvalue weighted by molar-refractivity contribution is -0.190. The highest BCUT2D eigenvalue weighted by Crippen LogP contribution is 2.59. The second-order valence-corrected chi connectivity index (χ2v) is 9.06. The maximum atomic E-state index is 11.6. The van der Waals surface area contributed by atoms with Gasteiger partial charge in [-0.2, -0.15) is 0 Å². The highest BCUT2D eigenvalue weighted by Gasteiger charge is 2.66. The third-order valence-corrected chi connectivity index (χ3v) is 6.04. The Labute approximate surface area is 124 Å². The topological polar surface area (TPSA) is 55.5 Å². The van der Waals surface area contributed by atoms with Gasteiger partial charge in [0.05, 0.1) is 11.2 Å².